The average molecular weight is 590 g/mol. The summed E-state index contributed by atoms with van der Waals surface area (Å²) < 4.78 is 0. The van der Waals surface area contributed by atoms with Gasteiger partial charge in [-0.25, -0.2) is 0 Å². The quantitative estimate of drug-likeness (QED) is 0.196. The van der Waals surface area contributed by atoms with E-state index in [9.17, 15) is 0 Å². The van der Waals surface area contributed by atoms with E-state index in [1.165, 1.54) is 76.5 Å². The van der Waals surface area contributed by atoms with E-state index in [-0.39, 0.29) is 16.2 Å². The van der Waals surface area contributed by atoms with Crippen molar-refractivity contribution in [3.63, 3.8) is 0 Å². The van der Waals surface area contributed by atoms with Crippen molar-refractivity contribution in [2.75, 3.05) is 0 Å². The van der Waals surface area contributed by atoms with Crippen LogP contribution in [0.15, 0.2) is 102 Å². The molecule has 0 bridgehead atoms. The largest absolute Gasteiger partial charge is 0.0732 e. The van der Waals surface area contributed by atoms with Crippen molar-refractivity contribution in [1.29, 1.82) is 0 Å². The lowest BCUT2D eigenvalue weighted by Gasteiger charge is -2.27. The van der Waals surface area contributed by atoms with Crippen LogP contribution in [0.25, 0.3) is 17.2 Å². The molecule has 0 heteroatoms. The molecule has 229 valence electrons. The van der Waals surface area contributed by atoms with E-state index in [1.54, 1.807) is 0 Å². The fourth-order valence-corrected chi connectivity index (χ4v) is 7.46. The molecule has 0 saturated heterocycles. The normalized spacial score (nSPS) is 16.3. The molecule has 0 amide bonds. The van der Waals surface area contributed by atoms with Crippen LogP contribution >= 0.6 is 0 Å². The minimum Gasteiger partial charge on any atom is -0.0732 e. The Morgan fingerprint density at radius 3 is 1.71 bits per heavy atom. The monoisotopic (exact) mass is 589 g/mol. The van der Waals surface area contributed by atoms with Crippen LogP contribution in [0.5, 0.6) is 0 Å². The third-order valence-corrected chi connectivity index (χ3v) is 9.70. The van der Waals surface area contributed by atoms with Gasteiger partial charge < -0.3 is 0 Å². The van der Waals surface area contributed by atoms with Crippen LogP contribution in [0.3, 0.4) is 0 Å². The SMILES string of the molecule is CC1=C(c2c3c(cc(C(C)(C)C)c2=C(c2ccccc2)c2ccccc2)=c2cc(C(C)(C)C)ccc2=[C]3)C(C)C=C1C(C)(C)C. The van der Waals surface area contributed by atoms with Gasteiger partial charge in [0.25, 0.3) is 0 Å². The van der Waals surface area contributed by atoms with Gasteiger partial charge in [-0.05, 0) is 118 Å². The fourth-order valence-electron chi connectivity index (χ4n) is 7.46. The molecule has 0 heterocycles. The summed E-state index contributed by atoms with van der Waals surface area (Å²) in [5.74, 6) is 0.292. The van der Waals surface area contributed by atoms with Crippen molar-refractivity contribution >= 4 is 17.2 Å². The Hall–Kier alpha value is -3.90. The molecule has 4 aromatic carbocycles. The van der Waals surface area contributed by atoms with Gasteiger partial charge in [-0.3, -0.25) is 0 Å². The van der Waals surface area contributed by atoms with Crippen LogP contribution in [0.4, 0.5) is 0 Å². The maximum atomic E-state index is 4.00. The second kappa shape index (κ2) is 10.9. The van der Waals surface area contributed by atoms with Crippen molar-refractivity contribution < 1.29 is 0 Å². The number of hydrogen-bond donors (Lipinski definition) is 0. The van der Waals surface area contributed by atoms with E-state index in [1.807, 2.05) is 0 Å². The predicted molar refractivity (Wildman–Crippen MR) is 194 cm³/mol. The second-order valence-electron chi connectivity index (χ2n) is 16.2. The van der Waals surface area contributed by atoms with Crippen LogP contribution in [-0.2, 0) is 10.8 Å². The molecule has 1 radical (unpaired) electrons. The summed E-state index contributed by atoms with van der Waals surface area (Å²) in [5, 5.41) is 5.17. The van der Waals surface area contributed by atoms with E-state index < -0.39 is 0 Å². The lowest BCUT2D eigenvalue weighted by molar-refractivity contribution is 0.510. The summed E-state index contributed by atoms with van der Waals surface area (Å²) in [4.78, 5) is 0. The first-order valence-electron chi connectivity index (χ1n) is 16.6. The first-order chi connectivity index (χ1) is 21.1. The van der Waals surface area contributed by atoms with Gasteiger partial charge >= 0.3 is 0 Å². The molecule has 6 rings (SSSR count). The maximum absolute atomic E-state index is 4.00. The van der Waals surface area contributed by atoms with Crippen LogP contribution < -0.4 is 10.4 Å². The predicted octanol–water partition coefficient (Wildman–Crippen LogP) is 10.2. The molecular weight excluding hydrogens is 540 g/mol. The number of hydrogen-bond acceptors (Lipinski definition) is 0. The first kappa shape index (κ1) is 31.1. The number of allylic oxidation sites excluding steroid dienone is 4. The summed E-state index contributed by atoms with van der Waals surface area (Å²) >= 11 is 0. The molecule has 0 aromatic heterocycles. The van der Waals surface area contributed by atoms with E-state index in [2.05, 4.69) is 173 Å². The highest BCUT2D eigenvalue weighted by Gasteiger charge is 2.33. The molecule has 0 fully saturated rings. The smallest absolute Gasteiger partial charge is 0.000480 e. The Bertz CT molecular complexity index is 2040. The van der Waals surface area contributed by atoms with Crippen molar-refractivity contribution in [2.24, 2.45) is 11.3 Å². The highest BCUT2D eigenvalue weighted by molar-refractivity contribution is 5.90. The molecule has 2 aliphatic carbocycles. The lowest BCUT2D eigenvalue weighted by Crippen LogP contribution is -2.30. The zero-order chi connectivity index (χ0) is 32.5. The molecule has 0 N–H and O–H groups in total. The van der Waals surface area contributed by atoms with E-state index >= 15 is 0 Å². The van der Waals surface area contributed by atoms with Gasteiger partial charge in [-0.1, -0.05) is 148 Å². The van der Waals surface area contributed by atoms with Crippen LogP contribution in [0.1, 0.15) is 110 Å². The molecule has 45 heavy (non-hydrogen) atoms. The molecule has 0 nitrogen and oxygen atoms in total. The Morgan fingerprint density at radius 2 is 1.22 bits per heavy atom. The fraction of sp³-hybridized carbons (Fsp3) is 0.333. The van der Waals surface area contributed by atoms with Crippen LogP contribution in [0.2, 0.25) is 0 Å². The molecule has 0 spiro atoms. The molecule has 0 saturated carbocycles. The van der Waals surface area contributed by atoms with Crippen molar-refractivity contribution in [3.8, 4) is 0 Å². The summed E-state index contributed by atoms with van der Waals surface area (Å²) in [6.45, 7) is 25.9. The summed E-state index contributed by atoms with van der Waals surface area (Å²) in [6, 6.07) is 31.6. The lowest BCUT2D eigenvalue weighted by atomic mass is 9.76. The van der Waals surface area contributed by atoms with Gasteiger partial charge in [0.15, 0.2) is 0 Å². The molecule has 1 unspecified atom stereocenters. The van der Waals surface area contributed by atoms with Gasteiger partial charge in [0.05, 0.1) is 0 Å². The van der Waals surface area contributed by atoms with Crippen molar-refractivity contribution in [3.05, 3.63) is 156 Å². The van der Waals surface area contributed by atoms with Crippen molar-refractivity contribution in [2.45, 2.75) is 87.0 Å². The molecule has 2 aliphatic rings. The maximum Gasteiger partial charge on any atom is 0.000480 e. The summed E-state index contributed by atoms with van der Waals surface area (Å²) in [7, 11) is 0. The van der Waals surface area contributed by atoms with Gasteiger partial charge in [-0.2, -0.15) is 0 Å². The average Bonchev–Trinajstić information content (AvgIpc) is 3.49. The summed E-state index contributed by atoms with van der Waals surface area (Å²) in [5.41, 5.74) is 13.5. The molecular formula is C45H49. The third kappa shape index (κ3) is 5.48. The van der Waals surface area contributed by atoms with Crippen LogP contribution in [0, 0.1) is 21.8 Å². The Balaban J connectivity index is 1.94. The van der Waals surface area contributed by atoms with Gasteiger partial charge in [-0.15, -0.1) is 0 Å². The van der Waals surface area contributed by atoms with E-state index in [0.717, 1.165) is 0 Å². The number of rotatable bonds is 3. The zero-order valence-corrected chi connectivity index (χ0v) is 29.2. The van der Waals surface area contributed by atoms with Gasteiger partial charge in [0.2, 0.25) is 0 Å². The van der Waals surface area contributed by atoms with E-state index in [4.69, 9.17) is 0 Å². The minimum absolute atomic E-state index is 0.0640. The van der Waals surface area contributed by atoms with Crippen molar-refractivity contribution in [1.82, 2.24) is 0 Å². The molecule has 4 aromatic rings. The molecule has 1 atom stereocenters. The van der Waals surface area contributed by atoms with Crippen LogP contribution in [-0.4, -0.2) is 0 Å². The van der Waals surface area contributed by atoms with Gasteiger partial charge in [0.1, 0.15) is 0 Å². The Labute approximate surface area is 271 Å². The van der Waals surface area contributed by atoms with Gasteiger partial charge in [0, 0.05) is 5.92 Å². The first-order valence-corrected chi connectivity index (χ1v) is 16.6. The zero-order valence-electron chi connectivity index (χ0n) is 29.2. The number of benzene rings is 4. The van der Waals surface area contributed by atoms with E-state index in [0.29, 0.717) is 5.92 Å². The number of fused-ring (bicyclic) bond motifs is 2. The standard InChI is InChI=1S/C45H49/c1-28-24-37(44(6,7)8)29(2)39(28)41-36-25-32-22-23-33(43(3,4)5)26-34(32)35(36)27-38(45(9,10)11)42(41)40(30-18-14-12-15-19-30)31-20-16-13-17-21-31/h12-24,26-28H,1-11H3. The highest BCUT2D eigenvalue weighted by atomic mass is 14.4. The second-order valence-corrected chi connectivity index (χ2v) is 16.2. The third-order valence-electron chi connectivity index (χ3n) is 9.70. The highest BCUT2D eigenvalue weighted by Crippen LogP contribution is 2.46. The summed E-state index contributed by atoms with van der Waals surface area (Å²) in [6.07, 6.45) is 6.53. The topological polar surface area (TPSA) is 0 Å². The molecule has 0 aliphatic heterocycles. The Kier molecular flexibility index (Phi) is 7.51. The minimum atomic E-state index is -0.102. The Morgan fingerprint density at radius 1 is 0.644 bits per heavy atom.